The van der Waals surface area contributed by atoms with Crippen LogP contribution in [0.5, 0.6) is 0 Å². The number of carbonyl (C=O) groups is 2. The van der Waals surface area contributed by atoms with Crippen LogP contribution in [0.1, 0.15) is 6.92 Å². The van der Waals surface area contributed by atoms with Gasteiger partial charge in [-0.15, -0.1) is 0 Å². The van der Waals surface area contributed by atoms with E-state index in [1.165, 1.54) is 12.1 Å². The third-order valence-electron chi connectivity index (χ3n) is 4.51. The molecule has 148 valence electrons. The Morgan fingerprint density at radius 1 is 0.964 bits per heavy atom. The summed E-state index contributed by atoms with van der Waals surface area (Å²) < 4.78 is 13.6. The van der Waals surface area contributed by atoms with Gasteiger partial charge in [0.05, 0.1) is 5.69 Å². The topological polar surface area (TPSA) is 76.7 Å². The van der Waals surface area contributed by atoms with Gasteiger partial charge in [-0.2, -0.15) is 0 Å². The third kappa shape index (κ3) is 4.91. The second kappa shape index (κ2) is 9.07. The van der Waals surface area contributed by atoms with Gasteiger partial charge in [0, 0.05) is 44.1 Å². The summed E-state index contributed by atoms with van der Waals surface area (Å²) in [4.78, 5) is 27.9. The van der Waals surface area contributed by atoms with Gasteiger partial charge in [-0.25, -0.2) is 14.0 Å². The SMILES string of the molecule is CCNC(=O)N1CCN(c2ccc(NC(=O)Nc3ccccc3F)cc2)CC1. The van der Waals surface area contributed by atoms with Crippen LogP contribution in [0.3, 0.4) is 0 Å². The second-order valence-corrected chi connectivity index (χ2v) is 6.42. The maximum atomic E-state index is 13.6. The lowest BCUT2D eigenvalue weighted by Gasteiger charge is -2.36. The Kier molecular flexibility index (Phi) is 6.31. The molecule has 28 heavy (non-hydrogen) atoms. The van der Waals surface area contributed by atoms with Crippen LogP contribution >= 0.6 is 0 Å². The first-order valence-corrected chi connectivity index (χ1v) is 9.27. The van der Waals surface area contributed by atoms with E-state index in [0.29, 0.717) is 25.3 Å². The fourth-order valence-electron chi connectivity index (χ4n) is 3.03. The highest BCUT2D eigenvalue weighted by Gasteiger charge is 2.20. The number of nitrogens with one attached hydrogen (secondary N) is 3. The number of rotatable bonds is 4. The highest BCUT2D eigenvalue weighted by molar-refractivity contribution is 5.99. The Hall–Kier alpha value is -3.29. The summed E-state index contributed by atoms with van der Waals surface area (Å²) in [6.45, 7) is 5.35. The van der Waals surface area contributed by atoms with E-state index in [-0.39, 0.29) is 11.7 Å². The highest BCUT2D eigenvalue weighted by Crippen LogP contribution is 2.20. The molecule has 8 heteroatoms. The molecule has 4 amide bonds. The third-order valence-corrected chi connectivity index (χ3v) is 4.51. The highest BCUT2D eigenvalue weighted by atomic mass is 19.1. The van der Waals surface area contributed by atoms with Gasteiger partial charge in [-0.3, -0.25) is 0 Å². The number of benzene rings is 2. The van der Waals surface area contributed by atoms with E-state index in [2.05, 4.69) is 20.9 Å². The van der Waals surface area contributed by atoms with Crippen LogP contribution < -0.4 is 20.9 Å². The number of amides is 4. The Bertz CT molecular complexity index is 820. The Morgan fingerprint density at radius 3 is 2.29 bits per heavy atom. The standard InChI is InChI=1S/C20H24FN5O2/c1-2-22-20(28)26-13-11-25(12-14-26)16-9-7-15(8-10-16)23-19(27)24-18-6-4-3-5-17(18)21/h3-10H,2,11-14H2,1H3,(H,22,28)(H2,23,24,27). The summed E-state index contributed by atoms with van der Waals surface area (Å²) in [7, 11) is 0. The van der Waals surface area contributed by atoms with Crippen molar-refractivity contribution in [2.75, 3.05) is 48.3 Å². The molecule has 3 rings (SSSR count). The van der Waals surface area contributed by atoms with E-state index in [4.69, 9.17) is 0 Å². The van der Waals surface area contributed by atoms with Gasteiger partial charge in [0.25, 0.3) is 0 Å². The van der Waals surface area contributed by atoms with Crippen LogP contribution in [0.25, 0.3) is 0 Å². The molecule has 0 aromatic heterocycles. The smallest absolute Gasteiger partial charge is 0.323 e. The lowest BCUT2D eigenvalue weighted by Crippen LogP contribution is -2.51. The minimum absolute atomic E-state index is 0.0254. The average Bonchev–Trinajstić information content (AvgIpc) is 2.71. The van der Waals surface area contributed by atoms with E-state index < -0.39 is 11.8 Å². The van der Waals surface area contributed by atoms with Crippen LogP contribution in [0, 0.1) is 5.82 Å². The molecule has 0 atom stereocenters. The van der Waals surface area contributed by atoms with Crippen molar-refractivity contribution in [1.29, 1.82) is 0 Å². The van der Waals surface area contributed by atoms with Crippen molar-refractivity contribution in [3.63, 3.8) is 0 Å². The lowest BCUT2D eigenvalue weighted by atomic mass is 10.2. The summed E-state index contributed by atoms with van der Waals surface area (Å²) >= 11 is 0. The van der Waals surface area contributed by atoms with Crippen molar-refractivity contribution in [2.24, 2.45) is 0 Å². The molecule has 0 aliphatic carbocycles. The van der Waals surface area contributed by atoms with Crippen LogP contribution in [0.4, 0.5) is 31.0 Å². The Balaban J connectivity index is 1.52. The van der Waals surface area contributed by atoms with E-state index in [0.717, 1.165) is 18.8 Å². The molecule has 0 unspecified atom stereocenters. The minimum atomic E-state index is -0.506. The molecule has 0 radical (unpaired) electrons. The van der Waals surface area contributed by atoms with Crippen molar-refractivity contribution in [2.45, 2.75) is 6.92 Å². The fourth-order valence-corrected chi connectivity index (χ4v) is 3.03. The molecular formula is C20H24FN5O2. The van der Waals surface area contributed by atoms with Crippen molar-refractivity contribution < 1.29 is 14.0 Å². The molecule has 3 N–H and O–H groups in total. The molecule has 0 saturated carbocycles. The fraction of sp³-hybridized carbons (Fsp3) is 0.300. The van der Waals surface area contributed by atoms with Crippen molar-refractivity contribution in [1.82, 2.24) is 10.2 Å². The molecule has 0 bridgehead atoms. The summed E-state index contributed by atoms with van der Waals surface area (Å²) in [5.41, 5.74) is 1.76. The van der Waals surface area contributed by atoms with E-state index >= 15 is 0 Å². The predicted octanol–water partition coefficient (Wildman–Crippen LogP) is 3.32. The molecule has 2 aromatic rings. The van der Waals surface area contributed by atoms with Gasteiger partial charge in [0.1, 0.15) is 5.82 Å². The zero-order valence-corrected chi connectivity index (χ0v) is 15.7. The van der Waals surface area contributed by atoms with E-state index in [1.54, 1.807) is 24.3 Å². The number of hydrogen-bond acceptors (Lipinski definition) is 3. The first kappa shape index (κ1) is 19.5. The molecule has 1 aliphatic rings. The van der Waals surface area contributed by atoms with Gasteiger partial charge >= 0.3 is 12.1 Å². The predicted molar refractivity (Wildman–Crippen MR) is 108 cm³/mol. The summed E-state index contributed by atoms with van der Waals surface area (Å²) in [6, 6.07) is 12.9. The van der Waals surface area contributed by atoms with Crippen LogP contribution in [0.15, 0.2) is 48.5 Å². The van der Waals surface area contributed by atoms with Crippen molar-refractivity contribution in [3.8, 4) is 0 Å². The number of nitrogens with zero attached hydrogens (tertiary/aromatic N) is 2. The first-order valence-electron chi connectivity index (χ1n) is 9.27. The number of halogens is 1. The maximum absolute atomic E-state index is 13.6. The molecule has 7 nitrogen and oxygen atoms in total. The number of urea groups is 2. The normalized spacial score (nSPS) is 13.8. The number of anilines is 3. The summed E-state index contributed by atoms with van der Waals surface area (Å²) in [6.07, 6.45) is 0. The summed E-state index contributed by atoms with van der Waals surface area (Å²) in [5.74, 6) is -0.486. The van der Waals surface area contributed by atoms with Crippen molar-refractivity contribution in [3.05, 3.63) is 54.3 Å². The average molecular weight is 385 g/mol. The molecular weight excluding hydrogens is 361 g/mol. The molecule has 0 spiro atoms. The Morgan fingerprint density at radius 2 is 1.64 bits per heavy atom. The van der Waals surface area contributed by atoms with Gasteiger partial charge in [0.2, 0.25) is 0 Å². The number of carbonyl (C=O) groups excluding carboxylic acids is 2. The zero-order valence-electron chi connectivity index (χ0n) is 15.7. The summed E-state index contributed by atoms with van der Waals surface area (Å²) in [5, 5.41) is 7.99. The molecule has 2 aromatic carbocycles. The largest absolute Gasteiger partial charge is 0.368 e. The van der Waals surface area contributed by atoms with Crippen LogP contribution in [0.2, 0.25) is 0 Å². The van der Waals surface area contributed by atoms with Gasteiger partial charge in [-0.05, 0) is 43.3 Å². The monoisotopic (exact) mass is 385 g/mol. The molecule has 1 heterocycles. The van der Waals surface area contributed by atoms with Crippen molar-refractivity contribution >= 4 is 29.1 Å². The van der Waals surface area contributed by atoms with Gasteiger partial charge in [-0.1, -0.05) is 12.1 Å². The van der Waals surface area contributed by atoms with E-state index in [1.807, 2.05) is 24.0 Å². The van der Waals surface area contributed by atoms with Crippen LogP contribution in [-0.4, -0.2) is 49.7 Å². The maximum Gasteiger partial charge on any atom is 0.323 e. The number of piperazine rings is 1. The van der Waals surface area contributed by atoms with Gasteiger partial charge < -0.3 is 25.8 Å². The first-order chi connectivity index (χ1) is 13.6. The minimum Gasteiger partial charge on any atom is -0.368 e. The molecule has 1 aliphatic heterocycles. The number of para-hydroxylation sites is 1. The lowest BCUT2D eigenvalue weighted by molar-refractivity contribution is 0.195. The quantitative estimate of drug-likeness (QED) is 0.756. The molecule has 1 fully saturated rings. The zero-order chi connectivity index (χ0) is 19.9. The van der Waals surface area contributed by atoms with E-state index in [9.17, 15) is 14.0 Å². The second-order valence-electron chi connectivity index (χ2n) is 6.42. The van der Waals surface area contributed by atoms with Crippen LogP contribution in [-0.2, 0) is 0 Å². The number of hydrogen-bond donors (Lipinski definition) is 3. The van der Waals surface area contributed by atoms with Gasteiger partial charge in [0.15, 0.2) is 0 Å². The molecule has 1 saturated heterocycles. The Labute approximate surface area is 163 Å².